The fraction of sp³-hybridized carbons (Fsp3) is 0.476. The molecule has 2 atom stereocenters. The molecule has 150 valence electrons. The largest absolute Gasteiger partial charge is 0.507 e. The van der Waals surface area contributed by atoms with E-state index in [-0.39, 0.29) is 35.0 Å². The molecule has 1 aliphatic heterocycles. The van der Waals surface area contributed by atoms with Gasteiger partial charge in [0.15, 0.2) is 11.5 Å². The summed E-state index contributed by atoms with van der Waals surface area (Å²) in [6, 6.07) is 1.63. The summed E-state index contributed by atoms with van der Waals surface area (Å²) in [6.07, 6.45) is 3.04. The van der Waals surface area contributed by atoms with Crippen LogP contribution in [-0.4, -0.2) is 43.0 Å². The van der Waals surface area contributed by atoms with Gasteiger partial charge < -0.3 is 19.3 Å². The van der Waals surface area contributed by atoms with E-state index in [1.54, 1.807) is 6.07 Å². The first-order chi connectivity index (χ1) is 13.4. The first-order valence-electron chi connectivity index (χ1n) is 9.36. The van der Waals surface area contributed by atoms with E-state index in [1.165, 1.54) is 14.2 Å². The van der Waals surface area contributed by atoms with Crippen molar-refractivity contribution in [3.05, 3.63) is 40.2 Å². The van der Waals surface area contributed by atoms with Gasteiger partial charge in [-0.05, 0) is 24.5 Å². The Morgan fingerprint density at radius 3 is 2.71 bits per heavy atom. The Kier molecular flexibility index (Phi) is 5.84. The van der Waals surface area contributed by atoms with Gasteiger partial charge in [0.2, 0.25) is 5.78 Å². The number of methoxy groups -OCH3 is 2. The highest BCUT2D eigenvalue weighted by molar-refractivity contribution is 6.25. The number of esters is 1. The first-order valence-corrected chi connectivity index (χ1v) is 9.36. The van der Waals surface area contributed by atoms with E-state index in [9.17, 15) is 19.5 Å². The zero-order valence-corrected chi connectivity index (χ0v) is 16.2. The predicted octanol–water partition coefficient (Wildman–Crippen LogP) is 3.04. The molecule has 7 heteroatoms. The van der Waals surface area contributed by atoms with Crippen LogP contribution in [0.3, 0.4) is 0 Å². The van der Waals surface area contributed by atoms with Crippen molar-refractivity contribution in [2.45, 2.75) is 51.2 Å². The molecular weight excluding hydrogens is 364 g/mol. The molecule has 3 rings (SSSR count). The summed E-state index contributed by atoms with van der Waals surface area (Å²) in [6.45, 7) is 2.04. The number of hydrogen-bond donors (Lipinski definition) is 1. The Balaban J connectivity index is 2.08. The van der Waals surface area contributed by atoms with E-state index < -0.39 is 23.8 Å². The number of ketones is 2. The van der Waals surface area contributed by atoms with Crippen LogP contribution in [0.4, 0.5) is 0 Å². The predicted molar refractivity (Wildman–Crippen MR) is 99.3 cm³/mol. The van der Waals surface area contributed by atoms with Crippen molar-refractivity contribution in [1.29, 1.82) is 0 Å². The monoisotopic (exact) mass is 388 g/mol. The second kappa shape index (κ2) is 8.14. The Morgan fingerprint density at radius 2 is 2.07 bits per heavy atom. The minimum atomic E-state index is -0.474. The number of benzene rings is 1. The van der Waals surface area contributed by atoms with Crippen LogP contribution in [0.2, 0.25) is 0 Å². The molecule has 1 unspecified atom stereocenters. The van der Waals surface area contributed by atoms with Gasteiger partial charge in [0.25, 0.3) is 0 Å². The molecular formula is C21H24O7. The number of hydrogen-bond acceptors (Lipinski definition) is 7. The van der Waals surface area contributed by atoms with Gasteiger partial charge in [0.05, 0.1) is 38.4 Å². The lowest BCUT2D eigenvalue weighted by Crippen LogP contribution is -2.30. The van der Waals surface area contributed by atoms with Gasteiger partial charge in [-0.2, -0.15) is 0 Å². The fourth-order valence-electron chi connectivity index (χ4n) is 3.82. The van der Waals surface area contributed by atoms with Crippen LogP contribution < -0.4 is 0 Å². The Hall–Kier alpha value is -2.67. The molecule has 1 heterocycles. The average molecular weight is 388 g/mol. The fourth-order valence-corrected chi connectivity index (χ4v) is 3.82. The summed E-state index contributed by atoms with van der Waals surface area (Å²) in [7, 11) is 2.64. The zero-order chi connectivity index (χ0) is 20.4. The van der Waals surface area contributed by atoms with E-state index >= 15 is 0 Å². The minimum absolute atomic E-state index is 0.0129. The molecule has 1 aromatic carbocycles. The van der Waals surface area contributed by atoms with Crippen molar-refractivity contribution in [3.8, 4) is 5.75 Å². The Labute approximate surface area is 163 Å². The molecule has 0 spiro atoms. The molecule has 0 bridgehead atoms. The number of carbonyl (C=O) groups excluding carboxylic acids is 3. The van der Waals surface area contributed by atoms with Crippen molar-refractivity contribution < 1.29 is 33.7 Å². The molecule has 0 fully saturated rings. The lowest BCUT2D eigenvalue weighted by atomic mass is 9.82. The summed E-state index contributed by atoms with van der Waals surface area (Å²) >= 11 is 0. The average Bonchev–Trinajstić information content (AvgIpc) is 2.68. The molecule has 7 nitrogen and oxygen atoms in total. The van der Waals surface area contributed by atoms with Crippen molar-refractivity contribution >= 4 is 17.5 Å². The molecule has 1 N–H and O–H groups in total. The van der Waals surface area contributed by atoms with Gasteiger partial charge in [-0.1, -0.05) is 19.8 Å². The molecule has 0 radical (unpaired) electrons. The zero-order valence-electron chi connectivity index (χ0n) is 16.2. The summed E-state index contributed by atoms with van der Waals surface area (Å²) < 4.78 is 15.8. The molecule has 0 aromatic heterocycles. The van der Waals surface area contributed by atoms with E-state index in [2.05, 4.69) is 0 Å². The summed E-state index contributed by atoms with van der Waals surface area (Å²) in [5, 5.41) is 10.9. The highest BCUT2D eigenvalue weighted by Crippen LogP contribution is 2.44. The third-order valence-corrected chi connectivity index (χ3v) is 5.19. The van der Waals surface area contributed by atoms with E-state index in [4.69, 9.17) is 14.2 Å². The van der Waals surface area contributed by atoms with E-state index in [1.807, 2.05) is 6.92 Å². The second-order valence-corrected chi connectivity index (χ2v) is 7.00. The number of Topliss-reactive ketones (excluding diaryl/α,β-unsaturated/α-hetero) is 1. The number of rotatable bonds is 6. The van der Waals surface area contributed by atoms with Crippen LogP contribution in [-0.2, 0) is 25.4 Å². The highest BCUT2D eigenvalue weighted by atomic mass is 16.5. The number of phenolic OH excluding ortho intramolecular Hbond substituents is 1. The van der Waals surface area contributed by atoms with Gasteiger partial charge in [-0.3, -0.25) is 14.4 Å². The van der Waals surface area contributed by atoms with Crippen LogP contribution >= 0.6 is 0 Å². The topological polar surface area (TPSA) is 99.1 Å². The van der Waals surface area contributed by atoms with E-state index in [0.29, 0.717) is 24.0 Å². The van der Waals surface area contributed by atoms with Crippen molar-refractivity contribution in [1.82, 2.24) is 0 Å². The molecule has 2 aliphatic rings. The van der Waals surface area contributed by atoms with Gasteiger partial charge in [0, 0.05) is 17.2 Å². The maximum atomic E-state index is 12.6. The molecule has 0 saturated heterocycles. The van der Waals surface area contributed by atoms with Crippen molar-refractivity contribution in [2.75, 3.05) is 14.2 Å². The van der Waals surface area contributed by atoms with Gasteiger partial charge in [-0.25, -0.2) is 0 Å². The van der Waals surface area contributed by atoms with Gasteiger partial charge in [-0.15, -0.1) is 0 Å². The second-order valence-electron chi connectivity index (χ2n) is 7.00. The third kappa shape index (κ3) is 3.54. The molecule has 1 aromatic rings. The smallest absolute Gasteiger partial charge is 0.308 e. The Morgan fingerprint density at radius 1 is 1.32 bits per heavy atom. The number of aromatic hydroxyl groups is 1. The molecule has 0 amide bonds. The van der Waals surface area contributed by atoms with Crippen LogP contribution in [0.25, 0.3) is 0 Å². The lowest BCUT2D eigenvalue weighted by Gasteiger charge is -2.34. The molecule has 0 saturated carbocycles. The third-order valence-electron chi connectivity index (χ3n) is 5.19. The Bertz CT molecular complexity index is 853. The van der Waals surface area contributed by atoms with Crippen LogP contribution in [0.15, 0.2) is 17.9 Å². The molecule has 1 aliphatic carbocycles. The number of fused-ring (bicyclic) bond motifs is 2. The van der Waals surface area contributed by atoms with Gasteiger partial charge >= 0.3 is 5.97 Å². The minimum Gasteiger partial charge on any atom is -0.507 e. The standard InChI is InChI=1S/C21H24O7/c1-4-5-6-15-18-11(7-12(28-15)9-17(23)27-3)8-13-19(21(18)25)14(22)10-16(26-2)20(13)24/h8,10,12,15,25H,4-7,9H2,1-3H3/t12?,15-/m1/s1. The quantitative estimate of drug-likeness (QED) is 0.748. The van der Waals surface area contributed by atoms with Crippen LogP contribution in [0.5, 0.6) is 5.75 Å². The van der Waals surface area contributed by atoms with Crippen LogP contribution in [0.1, 0.15) is 70.6 Å². The van der Waals surface area contributed by atoms with E-state index in [0.717, 1.165) is 18.9 Å². The number of carbonyl (C=O) groups is 3. The van der Waals surface area contributed by atoms with Crippen molar-refractivity contribution in [3.63, 3.8) is 0 Å². The summed E-state index contributed by atoms with van der Waals surface area (Å²) in [4.78, 5) is 36.8. The lowest BCUT2D eigenvalue weighted by molar-refractivity contribution is -0.145. The number of ether oxygens (including phenoxy) is 3. The summed E-state index contributed by atoms with van der Waals surface area (Å²) in [5.41, 5.74) is 1.34. The summed E-state index contributed by atoms with van der Waals surface area (Å²) in [5.74, 6) is -1.58. The van der Waals surface area contributed by atoms with Crippen LogP contribution in [0, 0.1) is 0 Å². The number of phenols is 1. The molecule has 28 heavy (non-hydrogen) atoms. The van der Waals surface area contributed by atoms with Crippen molar-refractivity contribution in [2.24, 2.45) is 0 Å². The highest BCUT2D eigenvalue weighted by Gasteiger charge is 2.37. The maximum absolute atomic E-state index is 12.6. The number of unbranched alkanes of at least 4 members (excludes halogenated alkanes) is 1. The SMILES string of the molecule is CCCC[C@H]1OC(CC(=O)OC)Cc2cc3c(c(O)c21)C(=O)C=C(OC)C3=O. The number of allylic oxidation sites excluding steroid dienone is 2. The maximum Gasteiger partial charge on any atom is 0.308 e. The van der Waals surface area contributed by atoms with Gasteiger partial charge in [0.1, 0.15) is 5.75 Å². The normalized spacial score (nSPS) is 20.9. The first kappa shape index (κ1) is 20.1.